The SMILES string of the molecule is CN1CCN(CCCOc2ccc3ncc(-c4ccc(F)c(Cl)c4)n3n2)CC1. The summed E-state index contributed by atoms with van der Waals surface area (Å²) >= 11 is 5.91. The number of nitrogens with zero attached hydrogens (tertiary/aromatic N) is 5. The van der Waals surface area contributed by atoms with Crippen molar-refractivity contribution in [1.82, 2.24) is 24.4 Å². The maximum atomic E-state index is 13.4. The molecule has 0 atom stereocenters. The first-order valence-corrected chi connectivity index (χ1v) is 9.82. The highest BCUT2D eigenvalue weighted by Crippen LogP contribution is 2.25. The maximum Gasteiger partial charge on any atom is 0.231 e. The van der Waals surface area contributed by atoms with Gasteiger partial charge in [0.2, 0.25) is 5.88 Å². The first-order valence-electron chi connectivity index (χ1n) is 9.44. The van der Waals surface area contributed by atoms with Crippen molar-refractivity contribution in [3.05, 3.63) is 47.4 Å². The predicted octanol–water partition coefficient (Wildman–Crippen LogP) is 3.21. The number of piperazine rings is 1. The summed E-state index contributed by atoms with van der Waals surface area (Å²) in [6.07, 6.45) is 2.65. The minimum absolute atomic E-state index is 0.0729. The second-order valence-electron chi connectivity index (χ2n) is 7.06. The Kier molecular flexibility index (Phi) is 5.75. The van der Waals surface area contributed by atoms with Crippen molar-refractivity contribution in [3.8, 4) is 17.1 Å². The molecule has 1 aliphatic rings. The molecule has 3 heterocycles. The second kappa shape index (κ2) is 8.43. The predicted molar refractivity (Wildman–Crippen MR) is 107 cm³/mol. The average molecular weight is 404 g/mol. The molecule has 148 valence electrons. The molecule has 1 saturated heterocycles. The Balaban J connectivity index is 1.40. The van der Waals surface area contributed by atoms with E-state index in [9.17, 15) is 4.39 Å². The third kappa shape index (κ3) is 4.27. The molecule has 0 saturated carbocycles. The summed E-state index contributed by atoms with van der Waals surface area (Å²) in [5, 5.41) is 4.61. The molecule has 3 aromatic rings. The summed E-state index contributed by atoms with van der Waals surface area (Å²) < 4.78 is 21.0. The Morgan fingerprint density at radius 2 is 1.96 bits per heavy atom. The summed E-state index contributed by atoms with van der Waals surface area (Å²) in [7, 11) is 2.16. The molecule has 0 N–H and O–H groups in total. The molecule has 1 aliphatic heterocycles. The maximum absolute atomic E-state index is 13.4. The smallest absolute Gasteiger partial charge is 0.231 e. The third-order valence-corrected chi connectivity index (χ3v) is 5.31. The van der Waals surface area contributed by atoms with Gasteiger partial charge in [0.25, 0.3) is 0 Å². The van der Waals surface area contributed by atoms with Crippen LogP contribution in [0.2, 0.25) is 5.02 Å². The quantitative estimate of drug-likeness (QED) is 0.591. The highest BCUT2D eigenvalue weighted by atomic mass is 35.5. The van der Waals surface area contributed by atoms with Crippen LogP contribution in [-0.4, -0.2) is 70.8 Å². The fraction of sp³-hybridized carbons (Fsp3) is 0.400. The van der Waals surface area contributed by atoms with Crippen LogP contribution in [0.3, 0.4) is 0 Å². The van der Waals surface area contributed by atoms with Gasteiger partial charge in [-0.25, -0.2) is 13.9 Å². The van der Waals surface area contributed by atoms with E-state index in [2.05, 4.69) is 26.9 Å². The van der Waals surface area contributed by atoms with Crippen LogP contribution in [0.25, 0.3) is 16.9 Å². The van der Waals surface area contributed by atoms with Gasteiger partial charge in [-0.2, -0.15) is 0 Å². The van der Waals surface area contributed by atoms with Gasteiger partial charge in [0, 0.05) is 44.4 Å². The first kappa shape index (κ1) is 19.1. The minimum atomic E-state index is -0.448. The van der Waals surface area contributed by atoms with Gasteiger partial charge in [-0.1, -0.05) is 11.6 Å². The number of hydrogen-bond acceptors (Lipinski definition) is 5. The molecule has 2 aromatic heterocycles. The number of imidazole rings is 1. The van der Waals surface area contributed by atoms with Crippen molar-refractivity contribution < 1.29 is 9.13 Å². The minimum Gasteiger partial charge on any atom is -0.477 e. The van der Waals surface area contributed by atoms with Crippen molar-refractivity contribution >= 4 is 17.2 Å². The molecular weight excluding hydrogens is 381 g/mol. The monoisotopic (exact) mass is 403 g/mol. The third-order valence-electron chi connectivity index (χ3n) is 5.02. The summed E-state index contributed by atoms with van der Waals surface area (Å²) in [6.45, 7) is 6.10. The van der Waals surface area contributed by atoms with Gasteiger partial charge >= 0.3 is 0 Å². The topological polar surface area (TPSA) is 45.9 Å². The number of hydrogen-bond donors (Lipinski definition) is 0. The molecule has 1 aromatic carbocycles. The molecule has 6 nitrogen and oxygen atoms in total. The largest absolute Gasteiger partial charge is 0.477 e. The number of benzene rings is 1. The molecule has 0 amide bonds. The molecule has 0 unspecified atom stereocenters. The highest BCUT2D eigenvalue weighted by molar-refractivity contribution is 6.31. The Morgan fingerprint density at radius 3 is 2.75 bits per heavy atom. The highest BCUT2D eigenvalue weighted by Gasteiger charge is 2.13. The van der Waals surface area contributed by atoms with Gasteiger partial charge in [0.15, 0.2) is 5.65 Å². The van der Waals surface area contributed by atoms with E-state index in [-0.39, 0.29) is 5.02 Å². The molecule has 0 aliphatic carbocycles. The lowest BCUT2D eigenvalue weighted by Crippen LogP contribution is -2.44. The number of halogens is 2. The van der Waals surface area contributed by atoms with Crippen molar-refractivity contribution in [1.29, 1.82) is 0 Å². The van der Waals surface area contributed by atoms with E-state index in [4.69, 9.17) is 16.3 Å². The number of fused-ring (bicyclic) bond motifs is 1. The molecule has 1 fully saturated rings. The van der Waals surface area contributed by atoms with Crippen LogP contribution in [0.5, 0.6) is 5.88 Å². The Morgan fingerprint density at radius 1 is 1.14 bits per heavy atom. The van der Waals surface area contributed by atoms with E-state index in [1.165, 1.54) is 6.07 Å². The second-order valence-corrected chi connectivity index (χ2v) is 7.47. The summed E-state index contributed by atoms with van der Waals surface area (Å²) in [5.41, 5.74) is 2.18. The summed E-state index contributed by atoms with van der Waals surface area (Å²) in [4.78, 5) is 9.16. The zero-order valence-corrected chi connectivity index (χ0v) is 16.6. The van der Waals surface area contributed by atoms with Crippen LogP contribution in [0.15, 0.2) is 36.5 Å². The number of ether oxygens (including phenoxy) is 1. The van der Waals surface area contributed by atoms with Gasteiger partial charge < -0.3 is 14.5 Å². The van der Waals surface area contributed by atoms with E-state index in [1.54, 1.807) is 22.8 Å². The number of rotatable bonds is 6. The summed E-state index contributed by atoms with van der Waals surface area (Å²) in [5.74, 6) is 0.0925. The normalized spacial score (nSPS) is 16.0. The Hall–Kier alpha value is -2.22. The summed E-state index contributed by atoms with van der Waals surface area (Å²) in [6, 6.07) is 8.26. The number of likely N-dealkylation sites (N-methyl/N-ethyl adjacent to an activating group) is 1. The van der Waals surface area contributed by atoms with E-state index < -0.39 is 5.82 Å². The van der Waals surface area contributed by atoms with Gasteiger partial charge in [-0.3, -0.25) is 0 Å². The lowest BCUT2D eigenvalue weighted by Gasteiger charge is -2.32. The molecule has 0 spiro atoms. The lowest BCUT2D eigenvalue weighted by molar-refractivity contribution is 0.145. The molecule has 8 heteroatoms. The average Bonchev–Trinajstić information content (AvgIpc) is 3.12. The molecule has 4 rings (SSSR count). The Labute approximate surface area is 168 Å². The van der Waals surface area contributed by atoms with E-state index in [0.717, 1.165) is 50.4 Å². The van der Waals surface area contributed by atoms with Crippen LogP contribution in [0.4, 0.5) is 4.39 Å². The number of aromatic nitrogens is 3. The molecule has 0 bridgehead atoms. The standard InChI is InChI=1S/C20H23ClFN5O/c1-25-8-10-26(11-9-25)7-2-12-28-20-6-5-19-23-14-18(27(19)24-20)15-3-4-17(22)16(21)13-15/h3-6,13-14H,2,7-12H2,1H3. The van der Waals surface area contributed by atoms with Crippen LogP contribution < -0.4 is 4.74 Å². The van der Waals surface area contributed by atoms with Gasteiger partial charge in [-0.05, 0) is 37.7 Å². The lowest BCUT2D eigenvalue weighted by atomic mass is 10.2. The van der Waals surface area contributed by atoms with Crippen molar-refractivity contribution in [2.24, 2.45) is 0 Å². The molecular formula is C20H23ClFN5O. The van der Waals surface area contributed by atoms with Crippen molar-refractivity contribution in [2.75, 3.05) is 46.4 Å². The zero-order valence-electron chi connectivity index (χ0n) is 15.8. The first-order chi connectivity index (χ1) is 13.6. The van der Waals surface area contributed by atoms with E-state index in [1.807, 2.05) is 12.1 Å². The zero-order chi connectivity index (χ0) is 19.5. The molecule has 0 radical (unpaired) electrons. The van der Waals surface area contributed by atoms with Crippen molar-refractivity contribution in [3.63, 3.8) is 0 Å². The van der Waals surface area contributed by atoms with Crippen LogP contribution in [0.1, 0.15) is 6.42 Å². The Bertz CT molecular complexity index is 955. The van der Waals surface area contributed by atoms with Gasteiger partial charge in [0.05, 0.1) is 23.5 Å². The van der Waals surface area contributed by atoms with Crippen LogP contribution >= 0.6 is 11.6 Å². The van der Waals surface area contributed by atoms with Gasteiger partial charge in [-0.15, -0.1) is 5.10 Å². The van der Waals surface area contributed by atoms with Gasteiger partial charge in [0.1, 0.15) is 5.82 Å². The fourth-order valence-corrected chi connectivity index (χ4v) is 3.50. The fourth-order valence-electron chi connectivity index (χ4n) is 3.32. The molecule has 28 heavy (non-hydrogen) atoms. The van der Waals surface area contributed by atoms with E-state index >= 15 is 0 Å². The van der Waals surface area contributed by atoms with Crippen molar-refractivity contribution in [2.45, 2.75) is 6.42 Å². The van der Waals surface area contributed by atoms with E-state index in [0.29, 0.717) is 18.1 Å². The van der Waals surface area contributed by atoms with Crippen LogP contribution in [0, 0.1) is 5.82 Å². The van der Waals surface area contributed by atoms with Crippen LogP contribution in [-0.2, 0) is 0 Å².